The molecule has 0 aliphatic carbocycles. The van der Waals surface area contributed by atoms with Gasteiger partial charge in [0.15, 0.2) is 11.5 Å². The summed E-state index contributed by atoms with van der Waals surface area (Å²) in [6, 6.07) is 2.83. The van der Waals surface area contributed by atoms with Crippen molar-refractivity contribution in [2.75, 3.05) is 27.3 Å². The summed E-state index contributed by atoms with van der Waals surface area (Å²) in [7, 11) is 3.31. The Balaban J connectivity index is 2.14. The molecule has 0 spiro atoms. The van der Waals surface area contributed by atoms with E-state index in [4.69, 9.17) is 9.47 Å². The van der Waals surface area contributed by atoms with E-state index in [1.807, 2.05) is 6.07 Å². The number of hydrogen-bond donors (Lipinski definition) is 1. The van der Waals surface area contributed by atoms with Gasteiger partial charge in [0.05, 0.1) is 14.2 Å². The number of ether oxygens (including phenoxy) is 2. The number of hydrogen-bond acceptors (Lipinski definition) is 5. The molecule has 2 unspecified atom stereocenters. The molecule has 1 N–H and O–H groups in total. The third-order valence-electron chi connectivity index (χ3n) is 3.37. The van der Waals surface area contributed by atoms with Gasteiger partial charge in [-0.25, -0.2) is 0 Å². The molecule has 1 fully saturated rings. The number of nitrogens with zero attached hydrogens (tertiary/aromatic N) is 2. The molecule has 5 heteroatoms. The van der Waals surface area contributed by atoms with Crippen LogP contribution >= 0.6 is 0 Å². The molecule has 2 heterocycles. The lowest BCUT2D eigenvalue weighted by atomic mass is 10.1. The molecule has 0 aromatic carbocycles. The van der Waals surface area contributed by atoms with Gasteiger partial charge < -0.3 is 14.8 Å². The number of methoxy groups -OCH3 is 2. The zero-order chi connectivity index (χ0) is 13.8. The highest BCUT2D eigenvalue weighted by atomic mass is 16.5. The second-order valence-electron chi connectivity index (χ2n) is 5.16. The Hall–Kier alpha value is -1.33. The Morgan fingerprint density at radius 1 is 1.26 bits per heavy atom. The molecule has 0 saturated carbocycles. The molecule has 0 amide bonds. The summed E-state index contributed by atoms with van der Waals surface area (Å²) in [5.74, 6) is 1.48. The molecule has 2 rings (SSSR count). The Kier molecular flexibility index (Phi) is 4.61. The van der Waals surface area contributed by atoms with Crippen molar-refractivity contribution in [2.45, 2.75) is 32.5 Å². The van der Waals surface area contributed by atoms with Crippen LogP contribution in [0.15, 0.2) is 12.3 Å². The van der Waals surface area contributed by atoms with Crippen LogP contribution in [0.2, 0.25) is 0 Å². The van der Waals surface area contributed by atoms with Crippen LogP contribution in [0.3, 0.4) is 0 Å². The van der Waals surface area contributed by atoms with Crippen molar-refractivity contribution in [2.24, 2.45) is 0 Å². The van der Waals surface area contributed by atoms with Gasteiger partial charge in [-0.15, -0.1) is 0 Å². The molecule has 1 aliphatic heterocycles. The zero-order valence-electron chi connectivity index (χ0n) is 12.1. The van der Waals surface area contributed by atoms with E-state index in [1.165, 1.54) is 0 Å². The topological polar surface area (TPSA) is 46.6 Å². The summed E-state index contributed by atoms with van der Waals surface area (Å²) in [5, 5.41) is 3.53. The smallest absolute Gasteiger partial charge is 0.183 e. The third-order valence-corrected chi connectivity index (χ3v) is 3.37. The van der Waals surface area contributed by atoms with E-state index in [-0.39, 0.29) is 0 Å². The second kappa shape index (κ2) is 6.21. The number of nitrogens with one attached hydrogen (secondary N) is 1. The van der Waals surface area contributed by atoms with Crippen LogP contribution in [0.4, 0.5) is 0 Å². The molecule has 1 aromatic heterocycles. The normalized spacial score (nSPS) is 24.2. The average Bonchev–Trinajstić information content (AvgIpc) is 2.37. The van der Waals surface area contributed by atoms with Crippen molar-refractivity contribution < 1.29 is 9.47 Å². The predicted molar refractivity (Wildman–Crippen MR) is 74.7 cm³/mol. The highest BCUT2D eigenvalue weighted by Crippen LogP contribution is 2.30. The standard InChI is InChI=1S/C14H23N3O2/c1-10-7-17(8-11(2)16-10)9-12-14(19-4)13(18-3)5-6-15-12/h5-6,10-11,16H,7-9H2,1-4H3. The summed E-state index contributed by atoms with van der Waals surface area (Å²) in [6.07, 6.45) is 1.77. The first kappa shape index (κ1) is 14.1. The van der Waals surface area contributed by atoms with Crippen LogP contribution in [0.25, 0.3) is 0 Å². The minimum Gasteiger partial charge on any atom is -0.493 e. The van der Waals surface area contributed by atoms with Crippen molar-refractivity contribution >= 4 is 0 Å². The monoisotopic (exact) mass is 265 g/mol. The highest BCUT2D eigenvalue weighted by Gasteiger charge is 2.23. The fraction of sp³-hybridized carbons (Fsp3) is 0.643. The van der Waals surface area contributed by atoms with Crippen molar-refractivity contribution in [3.63, 3.8) is 0 Å². The quantitative estimate of drug-likeness (QED) is 0.888. The molecule has 19 heavy (non-hydrogen) atoms. The first-order chi connectivity index (χ1) is 9.13. The number of aromatic nitrogens is 1. The Bertz CT molecular complexity index is 415. The zero-order valence-corrected chi connectivity index (χ0v) is 12.1. The molecular formula is C14H23N3O2. The number of rotatable bonds is 4. The van der Waals surface area contributed by atoms with Gasteiger partial charge in [-0.3, -0.25) is 9.88 Å². The van der Waals surface area contributed by atoms with E-state index in [1.54, 1.807) is 20.4 Å². The van der Waals surface area contributed by atoms with Crippen molar-refractivity contribution in [3.05, 3.63) is 18.0 Å². The van der Waals surface area contributed by atoms with E-state index in [0.717, 1.165) is 36.8 Å². The van der Waals surface area contributed by atoms with Crippen LogP contribution in [0, 0.1) is 0 Å². The first-order valence-electron chi connectivity index (χ1n) is 6.68. The summed E-state index contributed by atoms with van der Waals surface area (Å²) in [5.41, 5.74) is 0.933. The van der Waals surface area contributed by atoms with E-state index in [9.17, 15) is 0 Å². The van der Waals surface area contributed by atoms with Gasteiger partial charge in [0.25, 0.3) is 0 Å². The maximum atomic E-state index is 5.43. The van der Waals surface area contributed by atoms with E-state index < -0.39 is 0 Å². The van der Waals surface area contributed by atoms with Gasteiger partial charge in [0.2, 0.25) is 0 Å². The summed E-state index contributed by atoms with van der Waals surface area (Å²) in [4.78, 5) is 6.83. The minimum absolute atomic E-state index is 0.500. The molecule has 5 nitrogen and oxygen atoms in total. The molecule has 1 aliphatic rings. The van der Waals surface area contributed by atoms with Crippen LogP contribution in [0.5, 0.6) is 11.5 Å². The molecular weight excluding hydrogens is 242 g/mol. The lowest BCUT2D eigenvalue weighted by Gasteiger charge is -2.36. The molecule has 2 atom stereocenters. The minimum atomic E-state index is 0.500. The number of pyridine rings is 1. The van der Waals surface area contributed by atoms with E-state index >= 15 is 0 Å². The molecule has 106 valence electrons. The third kappa shape index (κ3) is 3.36. The van der Waals surface area contributed by atoms with Crippen LogP contribution < -0.4 is 14.8 Å². The fourth-order valence-electron chi connectivity index (χ4n) is 2.74. The SMILES string of the molecule is COc1ccnc(CN2CC(C)NC(C)C2)c1OC. The highest BCUT2D eigenvalue weighted by molar-refractivity contribution is 5.42. The summed E-state index contributed by atoms with van der Waals surface area (Å²) in [6.45, 7) is 7.24. The van der Waals surface area contributed by atoms with Crippen molar-refractivity contribution in [3.8, 4) is 11.5 Å². The lowest BCUT2D eigenvalue weighted by molar-refractivity contribution is 0.163. The largest absolute Gasteiger partial charge is 0.493 e. The van der Waals surface area contributed by atoms with E-state index in [2.05, 4.69) is 29.0 Å². The van der Waals surface area contributed by atoms with Crippen molar-refractivity contribution in [1.82, 2.24) is 15.2 Å². The van der Waals surface area contributed by atoms with Crippen LogP contribution in [-0.4, -0.2) is 49.3 Å². The fourth-order valence-corrected chi connectivity index (χ4v) is 2.74. The molecule has 0 radical (unpaired) electrons. The van der Waals surface area contributed by atoms with Gasteiger partial charge >= 0.3 is 0 Å². The van der Waals surface area contributed by atoms with Crippen LogP contribution in [0.1, 0.15) is 19.5 Å². The first-order valence-corrected chi connectivity index (χ1v) is 6.68. The van der Waals surface area contributed by atoms with Crippen molar-refractivity contribution in [1.29, 1.82) is 0 Å². The average molecular weight is 265 g/mol. The van der Waals surface area contributed by atoms with Gasteiger partial charge in [-0.05, 0) is 13.8 Å². The van der Waals surface area contributed by atoms with Gasteiger partial charge in [0.1, 0.15) is 5.69 Å². The second-order valence-corrected chi connectivity index (χ2v) is 5.16. The lowest BCUT2D eigenvalue weighted by Crippen LogP contribution is -2.53. The van der Waals surface area contributed by atoms with E-state index in [0.29, 0.717) is 12.1 Å². The summed E-state index contributed by atoms with van der Waals surface area (Å²) < 4.78 is 10.7. The molecule has 0 bridgehead atoms. The van der Waals surface area contributed by atoms with Gasteiger partial charge in [-0.1, -0.05) is 0 Å². The Morgan fingerprint density at radius 3 is 2.53 bits per heavy atom. The Labute approximate surface area is 114 Å². The van der Waals surface area contributed by atoms with Gasteiger partial charge in [-0.2, -0.15) is 0 Å². The van der Waals surface area contributed by atoms with Gasteiger partial charge in [0, 0.05) is 44.0 Å². The molecule has 1 saturated heterocycles. The number of piperazine rings is 1. The maximum absolute atomic E-state index is 5.43. The van der Waals surface area contributed by atoms with Crippen LogP contribution in [-0.2, 0) is 6.54 Å². The maximum Gasteiger partial charge on any atom is 0.183 e. The molecule has 1 aromatic rings. The summed E-state index contributed by atoms with van der Waals surface area (Å²) >= 11 is 0. The Morgan fingerprint density at radius 2 is 1.95 bits per heavy atom. The predicted octanol–water partition coefficient (Wildman–Crippen LogP) is 1.28.